The van der Waals surface area contributed by atoms with Gasteiger partial charge in [0.2, 0.25) is 0 Å². The number of fused-ring (bicyclic) bond motifs is 1. The molecule has 0 saturated carbocycles. The number of carbonyl (C=O) groups excluding carboxylic acids is 1. The van der Waals surface area contributed by atoms with Crippen LogP contribution in [0.15, 0.2) is 47.3 Å². The maximum absolute atomic E-state index is 13.7. The SMILES string of the molecule is COc1ccc(C(=O)NCCCNc2n[nH]c(=O)c3ccccc23)cc1F. The first-order valence-electron chi connectivity index (χ1n) is 8.43. The van der Waals surface area contributed by atoms with Crippen LogP contribution < -0.4 is 20.9 Å². The molecule has 0 aliphatic carbocycles. The van der Waals surface area contributed by atoms with Crippen molar-refractivity contribution >= 4 is 22.5 Å². The first-order chi connectivity index (χ1) is 13.1. The summed E-state index contributed by atoms with van der Waals surface area (Å²) in [5.41, 5.74) is -0.00954. The van der Waals surface area contributed by atoms with Crippen molar-refractivity contribution in [3.8, 4) is 5.75 Å². The number of aromatic amines is 1. The third kappa shape index (κ3) is 4.22. The Kier molecular flexibility index (Phi) is 5.65. The summed E-state index contributed by atoms with van der Waals surface area (Å²) >= 11 is 0. The Hall–Kier alpha value is -3.42. The molecule has 140 valence electrons. The lowest BCUT2D eigenvalue weighted by Gasteiger charge is -2.09. The van der Waals surface area contributed by atoms with E-state index in [1.165, 1.54) is 19.2 Å². The number of methoxy groups -OCH3 is 1. The molecule has 0 unspecified atom stereocenters. The van der Waals surface area contributed by atoms with Gasteiger partial charge in [-0.15, -0.1) is 0 Å². The molecule has 0 aliphatic heterocycles. The highest BCUT2D eigenvalue weighted by Crippen LogP contribution is 2.18. The smallest absolute Gasteiger partial charge is 0.272 e. The molecule has 27 heavy (non-hydrogen) atoms. The summed E-state index contributed by atoms with van der Waals surface area (Å²) in [6.45, 7) is 0.945. The Balaban J connectivity index is 1.51. The van der Waals surface area contributed by atoms with E-state index in [-0.39, 0.29) is 22.8 Å². The maximum atomic E-state index is 13.7. The molecule has 0 atom stereocenters. The lowest BCUT2D eigenvalue weighted by atomic mass is 10.2. The van der Waals surface area contributed by atoms with Crippen LogP contribution in [0.25, 0.3) is 10.8 Å². The molecule has 0 aliphatic rings. The molecule has 0 fully saturated rings. The van der Waals surface area contributed by atoms with Crippen molar-refractivity contribution in [3.05, 3.63) is 64.2 Å². The number of anilines is 1. The van der Waals surface area contributed by atoms with Gasteiger partial charge in [0.25, 0.3) is 11.5 Å². The second kappa shape index (κ2) is 8.31. The van der Waals surface area contributed by atoms with Gasteiger partial charge in [0.05, 0.1) is 12.5 Å². The van der Waals surface area contributed by atoms with E-state index >= 15 is 0 Å². The summed E-state index contributed by atoms with van der Waals surface area (Å²) in [5, 5.41) is 13.6. The van der Waals surface area contributed by atoms with Crippen molar-refractivity contribution in [2.24, 2.45) is 0 Å². The zero-order valence-electron chi connectivity index (χ0n) is 14.7. The molecule has 2 aromatic carbocycles. The first kappa shape index (κ1) is 18.4. The molecule has 7 nitrogen and oxygen atoms in total. The standard InChI is InChI=1S/C19H19FN4O3/c1-27-16-8-7-12(11-15(16)20)18(25)22-10-4-9-21-17-13-5-2-3-6-14(13)19(26)24-23-17/h2-3,5-8,11H,4,9-10H2,1H3,(H,21,23)(H,22,25)(H,24,26). The van der Waals surface area contributed by atoms with E-state index in [4.69, 9.17) is 4.74 Å². The number of carbonyl (C=O) groups is 1. The Bertz CT molecular complexity index is 1020. The Morgan fingerprint density at radius 1 is 1.19 bits per heavy atom. The summed E-state index contributed by atoms with van der Waals surface area (Å²) in [6.07, 6.45) is 0.625. The number of hydrogen-bond acceptors (Lipinski definition) is 5. The molecule has 3 rings (SSSR count). The average Bonchev–Trinajstić information content (AvgIpc) is 2.69. The number of benzene rings is 2. The number of hydrogen-bond donors (Lipinski definition) is 3. The number of rotatable bonds is 7. The summed E-state index contributed by atoms with van der Waals surface area (Å²) < 4.78 is 18.5. The predicted octanol–water partition coefficient (Wildman–Crippen LogP) is 2.30. The molecular formula is C19H19FN4O3. The van der Waals surface area contributed by atoms with Crippen molar-refractivity contribution in [3.63, 3.8) is 0 Å². The van der Waals surface area contributed by atoms with Gasteiger partial charge in [0.15, 0.2) is 17.4 Å². The predicted molar refractivity (Wildman–Crippen MR) is 101 cm³/mol. The van der Waals surface area contributed by atoms with E-state index in [9.17, 15) is 14.0 Å². The second-order valence-electron chi connectivity index (χ2n) is 5.83. The van der Waals surface area contributed by atoms with Crippen LogP contribution in [0.5, 0.6) is 5.75 Å². The van der Waals surface area contributed by atoms with Crippen LogP contribution in [0.3, 0.4) is 0 Å². The zero-order chi connectivity index (χ0) is 19.2. The topological polar surface area (TPSA) is 96.1 Å². The quantitative estimate of drug-likeness (QED) is 0.555. The third-order valence-corrected chi connectivity index (χ3v) is 4.04. The highest BCUT2D eigenvalue weighted by atomic mass is 19.1. The average molecular weight is 370 g/mol. The van der Waals surface area contributed by atoms with Crippen molar-refractivity contribution in [2.45, 2.75) is 6.42 Å². The fourth-order valence-electron chi connectivity index (χ4n) is 2.66. The minimum atomic E-state index is -0.581. The fourth-order valence-corrected chi connectivity index (χ4v) is 2.66. The highest BCUT2D eigenvalue weighted by molar-refractivity contribution is 5.94. The van der Waals surface area contributed by atoms with E-state index in [1.54, 1.807) is 12.1 Å². The third-order valence-electron chi connectivity index (χ3n) is 4.04. The van der Waals surface area contributed by atoms with E-state index in [0.717, 1.165) is 11.5 Å². The van der Waals surface area contributed by atoms with Gasteiger partial charge in [0, 0.05) is 24.0 Å². The number of nitrogens with zero attached hydrogens (tertiary/aromatic N) is 1. The molecule has 1 heterocycles. The molecule has 0 spiro atoms. The molecule has 1 amide bonds. The molecule has 8 heteroatoms. The molecular weight excluding hydrogens is 351 g/mol. The number of amides is 1. The second-order valence-corrected chi connectivity index (χ2v) is 5.83. The van der Waals surface area contributed by atoms with Gasteiger partial charge in [-0.25, -0.2) is 9.49 Å². The van der Waals surface area contributed by atoms with E-state index in [0.29, 0.717) is 30.7 Å². The van der Waals surface area contributed by atoms with Gasteiger partial charge in [-0.3, -0.25) is 9.59 Å². The van der Waals surface area contributed by atoms with Crippen molar-refractivity contribution in [2.75, 3.05) is 25.5 Å². The van der Waals surface area contributed by atoms with Gasteiger partial charge in [-0.05, 0) is 30.7 Å². The molecule has 0 saturated heterocycles. The summed E-state index contributed by atoms with van der Waals surface area (Å²) in [6, 6.07) is 11.2. The van der Waals surface area contributed by atoms with Gasteiger partial charge < -0.3 is 15.4 Å². The largest absolute Gasteiger partial charge is 0.494 e. The van der Waals surface area contributed by atoms with Gasteiger partial charge >= 0.3 is 0 Å². The fraction of sp³-hybridized carbons (Fsp3) is 0.211. The van der Waals surface area contributed by atoms with Crippen molar-refractivity contribution < 1.29 is 13.9 Å². The Labute approximate surface area is 154 Å². The lowest BCUT2D eigenvalue weighted by molar-refractivity contribution is 0.0953. The van der Waals surface area contributed by atoms with Crippen molar-refractivity contribution in [1.82, 2.24) is 15.5 Å². The van der Waals surface area contributed by atoms with E-state index in [1.807, 2.05) is 12.1 Å². The maximum Gasteiger partial charge on any atom is 0.272 e. The molecule has 1 aromatic heterocycles. The summed E-state index contributed by atoms with van der Waals surface area (Å²) in [4.78, 5) is 23.8. The summed E-state index contributed by atoms with van der Waals surface area (Å²) in [5.74, 6) is -0.267. The number of H-pyrrole nitrogens is 1. The number of halogens is 1. The van der Waals surface area contributed by atoms with Crippen LogP contribution in [0.1, 0.15) is 16.8 Å². The van der Waals surface area contributed by atoms with Crippen LogP contribution in [0.4, 0.5) is 10.2 Å². The lowest BCUT2D eigenvalue weighted by Crippen LogP contribution is -2.26. The van der Waals surface area contributed by atoms with Crippen LogP contribution in [-0.2, 0) is 0 Å². The number of aromatic nitrogens is 2. The van der Waals surface area contributed by atoms with Crippen LogP contribution >= 0.6 is 0 Å². The Morgan fingerprint density at radius 2 is 1.96 bits per heavy atom. The van der Waals surface area contributed by atoms with Crippen LogP contribution in [-0.4, -0.2) is 36.3 Å². The molecule has 3 aromatic rings. The van der Waals surface area contributed by atoms with E-state index < -0.39 is 5.82 Å². The van der Waals surface area contributed by atoms with E-state index in [2.05, 4.69) is 20.8 Å². The molecule has 0 bridgehead atoms. The van der Waals surface area contributed by atoms with Gasteiger partial charge in [-0.1, -0.05) is 18.2 Å². The van der Waals surface area contributed by atoms with Crippen LogP contribution in [0.2, 0.25) is 0 Å². The number of nitrogens with one attached hydrogen (secondary N) is 3. The van der Waals surface area contributed by atoms with Gasteiger partial charge in [-0.2, -0.15) is 5.10 Å². The molecule has 3 N–H and O–H groups in total. The van der Waals surface area contributed by atoms with Crippen LogP contribution in [0, 0.1) is 5.82 Å². The molecule has 0 radical (unpaired) electrons. The zero-order valence-corrected chi connectivity index (χ0v) is 14.7. The highest BCUT2D eigenvalue weighted by Gasteiger charge is 2.10. The summed E-state index contributed by atoms with van der Waals surface area (Å²) in [7, 11) is 1.37. The minimum absolute atomic E-state index is 0.0939. The van der Waals surface area contributed by atoms with Crippen molar-refractivity contribution in [1.29, 1.82) is 0 Å². The number of ether oxygens (including phenoxy) is 1. The minimum Gasteiger partial charge on any atom is -0.494 e. The monoisotopic (exact) mass is 370 g/mol. The van der Waals surface area contributed by atoms with Gasteiger partial charge in [0.1, 0.15) is 0 Å². The normalized spacial score (nSPS) is 10.6. The Morgan fingerprint density at radius 3 is 2.70 bits per heavy atom. The first-order valence-corrected chi connectivity index (χ1v) is 8.43.